The molecule has 6 heteroatoms. The maximum Gasteiger partial charge on any atom is 0.277 e. The molecular formula is C19H19N3O3. The fraction of sp³-hybridized carbons (Fsp3) is 0.263. The third-order valence-corrected chi connectivity index (χ3v) is 4.26. The molecule has 0 fully saturated rings. The molecule has 3 rings (SSSR count). The molecule has 0 spiro atoms. The first-order chi connectivity index (χ1) is 12.0. The molecule has 0 bridgehead atoms. The van der Waals surface area contributed by atoms with E-state index in [9.17, 15) is 14.9 Å². The Balaban J connectivity index is 2.05. The number of unbranched alkanes of at least 4 members (excludes halogenated alkanes) is 1. The van der Waals surface area contributed by atoms with Gasteiger partial charge in [0.25, 0.3) is 11.6 Å². The quantitative estimate of drug-likeness (QED) is 0.607. The third kappa shape index (κ3) is 3.15. The van der Waals surface area contributed by atoms with Crippen LogP contribution in [-0.2, 0) is 4.79 Å². The minimum absolute atomic E-state index is 0.00317. The van der Waals surface area contributed by atoms with Crippen LogP contribution in [0.15, 0.2) is 47.5 Å². The molecule has 2 aromatic rings. The Bertz CT molecular complexity index is 874. The highest BCUT2D eigenvalue weighted by Crippen LogP contribution is 2.32. The Morgan fingerprint density at radius 1 is 1.20 bits per heavy atom. The number of nitrogens with zero attached hydrogens (tertiary/aromatic N) is 3. The first kappa shape index (κ1) is 16.8. The van der Waals surface area contributed by atoms with Crippen molar-refractivity contribution in [3.63, 3.8) is 0 Å². The summed E-state index contributed by atoms with van der Waals surface area (Å²) in [4.78, 5) is 29.7. The zero-order valence-corrected chi connectivity index (χ0v) is 14.2. The van der Waals surface area contributed by atoms with Gasteiger partial charge in [0.05, 0.1) is 16.3 Å². The molecule has 0 saturated carbocycles. The van der Waals surface area contributed by atoms with Crippen LogP contribution in [0.4, 0.5) is 17.1 Å². The average molecular weight is 337 g/mol. The fourth-order valence-corrected chi connectivity index (χ4v) is 2.90. The van der Waals surface area contributed by atoms with E-state index in [0.29, 0.717) is 23.5 Å². The molecule has 1 heterocycles. The van der Waals surface area contributed by atoms with Crippen molar-refractivity contribution >= 4 is 28.7 Å². The number of aliphatic imine (C=N–C) groups is 1. The van der Waals surface area contributed by atoms with Crippen LogP contribution in [0.5, 0.6) is 0 Å². The molecule has 0 N–H and O–H groups in total. The van der Waals surface area contributed by atoms with E-state index in [4.69, 9.17) is 0 Å². The van der Waals surface area contributed by atoms with Crippen molar-refractivity contribution in [2.75, 3.05) is 11.4 Å². The molecule has 0 saturated heterocycles. The zero-order chi connectivity index (χ0) is 18.0. The van der Waals surface area contributed by atoms with Crippen molar-refractivity contribution in [3.8, 4) is 0 Å². The first-order valence-corrected chi connectivity index (χ1v) is 8.28. The largest absolute Gasteiger partial charge is 0.306 e. The smallest absolute Gasteiger partial charge is 0.277 e. The van der Waals surface area contributed by atoms with Gasteiger partial charge in [0.2, 0.25) is 0 Å². The number of nitro groups is 1. The van der Waals surface area contributed by atoms with E-state index in [1.807, 2.05) is 24.3 Å². The van der Waals surface area contributed by atoms with Crippen LogP contribution in [0.2, 0.25) is 0 Å². The standard InChI is InChI=1S/C19H19N3O3/c1-3-4-11-21-16-8-6-5-7-15(16)18(19(21)23)20-14-10-9-13(2)17(12-14)22(24)25/h5-10,12H,3-4,11H2,1-2H3. The predicted octanol–water partition coefficient (Wildman–Crippen LogP) is 4.17. The van der Waals surface area contributed by atoms with Gasteiger partial charge in [0, 0.05) is 23.7 Å². The number of benzene rings is 2. The van der Waals surface area contributed by atoms with Crippen molar-refractivity contribution in [1.29, 1.82) is 0 Å². The van der Waals surface area contributed by atoms with Crippen LogP contribution < -0.4 is 4.90 Å². The van der Waals surface area contributed by atoms with Crippen LogP contribution in [0.1, 0.15) is 30.9 Å². The van der Waals surface area contributed by atoms with Crippen molar-refractivity contribution in [2.24, 2.45) is 4.99 Å². The Kier molecular flexibility index (Phi) is 4.61. The summed E-state index contributed by atoms with van der Waals surface area (Å²) in [6.45, 7) is 4.39. The van der Waals surface area contributed by atoms with Gasteiger partial charge in [0.15, 0.2) is 0 Å². The minimum atomic E-state index is -0.434. The SMILES string of the molecule is CCCCN1C(=O)C(=Nc2ccc(C)c([N+](=O)[O-])c2)c2ccccc21. The summed E-state index contributed by atoms with van der Waals surface area (Å²) >= 11 is 0. The molecule has 128 valence electrons. The molecule has 0 radical (unpaired) electrons. The molecular weight excluding hydrogens is 318 g/mol. The van der Waals surface area contributed by atoms with Crippen molar-refractivity contribution in [3.05, 3.63) is 63.7 Å². The molecule has 0 aliphatic carbocycles. The van der Waals surface area contributed by atoms with Gasteiger partial charge < -0.3 is 4.90 Å². The Hall–Kier alpha value is -3.02. The lowest BCUT2D eigenvalue weighted by molar-refractivity contribution is -0.385. The summed E-state index contributed by atoms with van der Waals surface area (Å²) in [5, 5.41) is 11.1. The highest BCUT2D eigenvalue weighted by atomic mass is 16.6. The van der Waals surface area contributed by atoms with Crippen LogP contribution in [-0.4, -0.2) is 23.1 Å². The fourth-order valence-electron chi connectivity index (χ4n) is 2.90. The second-order valence-corrected chi connectivity index (χ2v) is 6.02. The number of fused-ring (bicyclic) bond motifs is 1. The number of hydrogen-bond donors (Lipinski definition) is 0. The van der Waals surface area contributed by atoms with E-state index < -0.39 is 4.92 Å². The van der Waals surface area contributed by atoms with Crippen LogP contribution in [0.3, 0.4) is 0 Å². The summed E-state index contributed by atoms with van der Waals surface area (Å²) in [5.41, 5.74) is 2.94. The summed E-state index contributed by atoms with van der Waals surface area (Å²) in [7, 11) is 0. The second-order valence-electron chi connectivity index (χ2n) is 6.02. The number of aryl methyl sites for hydroxylation is 1. The topological polar surface area (TPSA) is 75.8 Å². The van der Waals surface area contributed by atoms with Gasteiger partial charge in [-0.25, -0.2) is 4.99 Å². The highest BCUT2D eigenvalue weighted by molar-refractivity contribution is 6.54. The van der Waals surface area contributed by atoms with E-state index >= 15 is 0 Å². The molecule has 1 aliphatic rings. The molecule has 2 aromatic carbocycles. The van der Waals surface area contributed by atoms with Crippen molar-refractivity contribution < 1.29 is 9.72 Å². The van der Waals surface area contributed by atoms with Crippen LogP contribution in [0.25, 0.3) is 0 Å². The van der Waals surface area contributed by atoms with E-state index in [1.54, 1.807) is 24.0 Å². The first-order valence-electron chi connectivity index (χ1n) is 8.28. The van der Waals surface area contributed by atoms with Crippen LogP contribution >= 0.6 is 0 Å². The molecule has 1 aliphatic heterocycles. The average Bonchev–Trinajstić information content (AvgIpc) is 2.86. The minimum Gasteiger partial charge on any atom is -0.306 e. The van der Waals surface area contributed by atoms with Gasteiger partial charge in [-0.2, -0.15) is 0 Å². The van der Waals surface area contributed by atoms with E-state index in [-0.39, 0.29) is 11.6 Å². The zero-order valence-electron chi connectivity index (χ0n) is 14.2. The second kappa shape index (κ2) is 6.84. The van der Waals surface area contributed by atoms with E-state index in [0.717, 1.165) is 24.1 Å². The Morgan fingerprint density at radius 2 is 1.96 bits per heavy atom. The number of amides is 1. The Labute approximate surface area is 146 Å². The van der Waals surface area contributed by atoms with Gasteiger partial charge >= 0.3 is 0 Å². The monoisotopic (exact) mass is 337 g/mol. The lowest BCUT2D eigenvalue weighted by atomic mass is 10.1. The number of carbonyl (C=O) groups is 1. The summed E-state index contributed by atoms with van der Waals surface area (Å²) in [6.07, 6.45) is 1.89. The number of para-hydroxylation sites is 1. The molecule has 0 unspecified atom stereocenters. The van der Waals surface area contributed by atoms with Crippen molar-refractivity contribution in [1.82, 2.24) is 0 Å². The molecule has 1 amide bonds. The predicted molar refractivity (Wildman–Crippen MR) is 97.7 cm³/mol. The number of carbonyl (C=O) groups excluding carboxylic acids is 1. The Morgan fingerprint density at radius 3 is 2.68 bits per heavy atom. The summed E-state index contributed by atoms with van der Waals surface area (Å²) < 4.78 is 0. The van der Waals surface area contributed by atoms with Crippen molar-refractivity contribution in [2.45, 2.75) is 26.7 Å². The number of hydrogen-bond acceptors (Lipinski definition) is 4. The number of rotatable bonds is 5. The van der Waals surface area contributed by atoms with Gasteiger partial charge in [0.1, 0.15) is 5.71 Å². The third-order valence-electron chi connectivity index (χ3n) is 4.26. The maximum atomic E-state index is 12.8. The van der Waals surface area contributed by atoms with Gasteiger partial charge in [-0.05, 0) is 25.5 Å². The lowest BCUT2D eigenvalue weighted by Gasteiger charge is -2.15. The summed E-state index contributed by atoms with van der Waals surface area (Å²) in [6, 6.07) is 12.3. The molecule has 0 atom stereocenters. The molecule has 0 aromatic heterocycles. The van der Waals surface area contributed by atoms with Gasteiger partial charge in [-0.3, -0.25) is 14.9 Å². The normalized spacial score (nSPS) is 14.9. The molecule has 6 nitrogen and oxygen atoms in total. The van der Waals surface area contributed by atoms with Crippen LogP contribution in [0, 0.1) is 17.0 Å². The highest BCUT2D eigenvalue weighted by Gasteiger charge is 2.33. The van der Waals surface area contributed by atoms with Gasteiger partial charge in [-0.15, -0.1) is 0 Å². The summed E-state index contributed by atoms with van der Waals surface area (Å²) in [5.74, 6) is -0.155. The lowest BCUT2D eigenvalue weighted by Crippen LogP contribution is -2.30. The number of anilines is 1. The van der Waals surface area contributed by atoms with E-state index in [1.165, 1.54) is 6.07 Å². The maximum absolute atomic E-state index is 12.8. The molecule has 25 heavy (non-hydrogen) atoms. The van der Waals surface area contributed by atoms with E-state index in [2.05, 4.69) is 11.9 Å². The van der Waals surface area contributed by atoms with Gasteiger partial charge in [-0.1, -0.05) is 37.6 Å². The number of nitro benzene ring substituents is 1.